The van der Waals surface area contributed by atoms with Crippen LogP contribution in [0.15, 0.2) is 72.8 Å². The van der Waals surface area contributed by atoms with E-state index in [1.807, 2.05) is 0 Å². The molecule has 1 aliphatic heterocycles. The van der Waals surface area contributed by atoms with Crippen molar-refractivity contribution in [2.45, 2.75) is 25.9 Å². The van der Waals surface area contributed by atoms with Crippen LogP contribution in [0.2, 0.25) is 0 Å². The largest absolute Gasteiger partial charge is 0.177 e. The van der Waals surface area contributed by atoms with E-state index in [2.05, 4.69) is 86.6 Å². The van der Waals surface area contributed by atoms with Crippen molar-refractivity contribution < 1.29 is 0 Å². The number of benzene rings is 3. The highest BCUT2D eigenvalue weighted by Gasteiger charge is 2.32. The van der Waals surface area contributed by atoms with E-state index in [9.17, 15) is 0 Å². The number of hydrogen-bond acceptors (Lipinski definition) is 0. The Bertz CT molecular complexity index is 791. The Kier molecular flexibility index (Phi) is 3.46. The lowest BCUT2D eigenvalue weighted by Crippen LogP contribution is -2.61. The second-order valence-corrected chi connectivity index (χ2v) is 10.8. The molecule has 0 saturated heterocycles. The summed E-state index contributed by atoms with van der Waals surface area (Å²) in [6.45, 7) is 4.57. The lowest BCUT2D eigenvalue weighted by molar-refractivity contribution is 1.35. The molecule has 4 rings (SSSR count). The van der Waals surface area contributed by atoms with Gasteiger partial charge in [0, 0.05) is 0 Å². The monoisotopic (exact) mass is 314 g/mol. The summed E-state index contributed by atoms with van der Waals surface area (Å²) >= 11 is 0. The molecule has 3 aromatic carbocycles. The molecule has 0 nitrogen and oxygen atoms in total. The predicted octanol–water partition coefficient (Wildman–Crippen LogP) is 3.74. The SMILES string of the molecule is Cc1ccccc1[Si-]1(c2ccccc2C)Cc2ccccc2C1. The lowest BCUT2D eigenvalue weighted by atomic mass is 10.1. The molecule has 115 valence electrons. The molecule has 0 amide bonds. The molecular weight excluding hydrogens is 292 g/mol. The molecule has 0 saturated carbocycles. The van der Waals surface area contributed by atoms with Gasteiger partial charge in [0.05, 0.1) is 0 Å². The fraction of sp³-hybridized carbons (Fsp3) is 0.182. The van der Waals surface area contributed by atoms with Gasteiger partial charge >= 0.3 is 0 Å². The van der Waals surface area contributed by atoms with Crippen molar-refractivity contribution in [2.75, 3.05) is 0 Å². The molecular formula is C22H22Si-. The molecule has 0 atom stereocenters. The average molecular weight is 315 g/mol. The van der Waals surface area contributed by atoms with Gasteiger partial charge in [0.1, 0.15) is 0 Å². The second kappa shape index (κ2) is 5.50. The van der Waals surface area contributed by atoms with Crippen LogP contribution in [0, 0.1) is 13.8 Å². The highest BCUT2D eigenvalue weighted by molar-refractivity contribution is 7.02. The molecule has 0 spiro atoms. The van der Waals surface area contributed by atoms with Crippen molar-refractivity contribution in [3.63, 3.8) is 0 Å². The summed E-state index contributed by atoms with van der Waals surface area (Å²) in [4.78, 5) is 0. The molecule has 0 unspecified atom stereocenters. The quantitative estimate of drug-likeness (QED) is 0.632. The minimum absolute atomic E-state index is 1.23. The van der Waals surface area contributed by atoms with E-state index in [1.54, 1.807) is 21.5 Å². The minimum atomic E-state index is -1.78. The van der Waals surface area contributed by atoms with Crippen molar-refractivity contribution in [2.24, 2.45) is 0 Å². The molecule has 0 aliphatic carbocycles. The second-order valence-electron chi connectivity index (χ2n) is 6.83. The summed E-state index contributed by atoms with van der Waals surface area (Å²) in [6.07, 6.45) is 0. The maximum absolute atomic E-state index is 2.39. The molecule has 1 heterocycles. The van der Waals surface area contributed by atoms with Crippen LogP contribution >= 0.6 is 0 Å². The molecule has 0 fully saturated rings. The van der Waals surface area contributed by atoms with Crippen LogP contribution in [-0.2, 0) is 12.1 Å². The van der Waals surface area contributed by atoms with Crippen molar-refractivity contribution in [1.82, 2.24) is 0 Å². The van der Waals surface area contributed by atoms with Gasteiger partial charge in [-0.15, -0.1) is 12.1 Å². The number of fused-ring (bicyclic) bond motifs is 1. The number of rotatable bonds is 2. The molecule has 0 aromatic heterocycles. The van der Waals surface area contributed by atoms with Gasteiger partial charge in [0.2, 0.25) is 0 Å². The van der Waals surface area contributed by atoms with Crippen molar-refractivity contribution >= 4 is 18.4 Å². The molecule has 0 radical (unpaired) electrons. The fourth-order valence-corrected chi connectivity index (χ4v) is 10.0. The van der Waals surface area contributed by atoms with Crippen LogP contribution in [0.4, 0.5) is 0 Å². The standard InChI is InChI=1S/C22H22Si/c1-17-9-3-7-13-21(17)23(22-14-8-4-10-18(22)2)15-19-11-5-6-12-20(19)16-23/h3-14H,15-16H2,1-2H3/q-1. The lowest BCUT2D eigenvalue weighted by Gasteiger charge is -2.43. The van der Waals surface area contributed by atoms with E-state index in [1.165, 1.54) is 23.2 Å². The number of hydrogen-bond donors (Lipinski definition) is 0. The summed E-state index contributed by atoms with van der Waals surface area (Å²) in [5.41, 5.74) is 6.03. The highest BCUT2D eigenvalue weighted by atomic mass is 28.3. The van der Waals surface area contributed by atoms with Gasteiger partial charge < -0.3 is 0 Å². The van der Waals surface area contributed by atoms with E-state index >= 15 is 0 Å². The van der Waals surface area contributed by atoms with Crippen LogP contribution in [0.3, 0.4) is 0 Å². The predicted molar refractivity (Wildman–Crippen MR) is 101 cm³/mol. The van der Waals surface area contributed by atoms with Gasteiger partial charge in [-0.25, -0.2) is 0 Å². The third-order valence-electron chi connectivity index (χ3n) is 5.42. The normalized spacial score (nSPS) is 15.4. The maximum atomic E-state index is 2.39. The van der Waals surface area contributed by atoms with E-state index < -0.39 is 8.07 Å². The van der Waals surface area contributed by atoms with Gasteiger partial charge in [-0.05, 0) is 13.8 Å². The Labute approximate surface area is 139 Å². The first kappa shape index (κ1) is 14.5. The van der Waals surface area contributed by atoms with Crippen LogP contribution in [0.25, 0.3) is 0 Å². The molecule has 23 heavy (non-hydrogen) atoms. The first-order valence-electron chi connectivity index (χ1n) is 8.40. The van der Waals surface area contributed by atoms with Crippen LogP contribution < -0.4 is 10.4 Å². The van der Waals surface area contributed by atoms with Crippen LogP contribution in [0.5, 0.6) is 0 Å². The van der Waals surface area contributed by atoms with Gasteiger partial charge in [0.25, 0.3) is 0 Å². The highest BCUT2D eigenvalue weighted by Crippen LogP contribution is 2.29. The van der Waals surface area contributed by atoms with Gasteiger partial charge in [-0.2, -0.15) is 10.4 Å². The van der Waals surface area contributed by atoms with Crippen LogP contribution in [0.1, 0.15) is 22.3 Å². The van der Waals surface area contributed by atoms with Gasteiger partial charge in [-0.1, -0.05) is 103 Å². The van der Waals surface area contributed by atoms with Crippen LogP contribution in [-0.4, -0.2) is 8.07 Å². The zero-order valence-electron chi connectivity index (χ0n) is 13.8. The first-order valence-corrected chi connectivity index (χ1v) is 10.8. The number of aryl methyl sites for hydroxylation is 2. The van der Waals surface area contributed by atoms with E-state index in [-0.39, 0.29) is 0 Å². The Morgan fingerprint density at radius 3 is 1.39 bits per heavy atom. The van der Waals surface area contributed by atoms with E-state index in [0.29, 0.717) is 0 Å². The molecule has 1 heteroatoms. The van der Waals surface area contributed by atoms with E-state index in [4.69, 9.17) is 0 Å². The van der Waals surface area contributed by atoms with Crippen molar-refractivity contribution in [1.29, 1.82) is 0 Å². The minimum Gasteiger partial charge on any atom is -0.177 e. The summed E-state index contributed by atoms with van der Waals surface area (Å²) in [5.74, 6) is 0. The Morgan fingerprint density at radius 2 is 0.957 bits per heavy atom. The maximum Gasteiger partial charge on any atom is -0.0425 e. The fourth-order valence-electron chi connectivity index (χ4n) is 4.36. The van der Waals surface area contributed by atoms with Gasteiger partial charge in [-0.3, -0.25) is 0 Å². The summed E-state index contributed by atoms with van der Waals surface area (Å²) in [7, 11) is -1.78. The smallest absolute Gasteiger partial charge is 0.0425 e. The first-order chi connectivity index (χ1) is 11.2. The Hall–Kier alpha value is -2.12. The zero-order valence-corrected chi connectivity index (χ0v) is 14.8. The average Bonchev–Trinajstić information content (AvgIpc) is 2.96. The summed E-state index contributed by atoms with van der Waals surface area (Å²) in [5, 5.41) is 3.23. The Balaban J connectivity index is 1.97. The van der Waals surface area contributed by atoms with Crippen molar-refractivity contribution in [3.05, 3.63) is 95.1 Å². The summed E-state index contributed by atoms with van der Waals surface area (Å²) in [6, 6.07) is 29.6. The van der Waals surface area contributed by atoms with E-state index in [0.717, 1.165) is 0 Å². The third-order valence-corrected chi connectivity index (χ3v) is 10.6. The third kappa shape index (κ3) is 2.27. The topological polar surface area (TPSA) is 0 Å². The zero-order chi connectivity index (χ0) is 15.9. The van der Waals surface area contributed by atoms with Crippen molar-refractivity contribution in [3.8, 4) is 0 Å². The molecule has 0 N–H and O–H groups in total. The molecule has 3 aromatic rings. The molecule has 1 aliphatic rings. The summed E-state index contributed by atoms with van der Waals surface area (Å²) < 4.78 is 0. The van der Waals surface area contributed by atoms with Gasteiger partial charge in [0.15, 0.2) is 0 Å². The molecule has 0 bridgehead atoms. The Morgan fingerprint density at radius 1 is 0.565 bits per heavy atom.